The summed E-state index contributed by atoms with van der Waals surface area (Å²) in [6.07, 6.45) is 17.3. The van der Waals surface area contributed by atoms with Gasteiger partial charge in [-0.2, -0.15) is 0 Å². The van der Waals surface area contributed by atoms with Crippen LogP contribution in [0.3, 0.4) is 0 Å². The van der Waals surface area contributed by atoms with Crippen molar-refractivity contribution in [2.45, 2.75) is 110 Å². The van der Waals surface area contributed by atoms with Crippen molar-refractivity contribution in [3.05, 3.63) is 0 Å². The van der Waals surface area contributed by atoms with Gasteiger partial charge in [-0.05, 0) is 25.2 Å². The zero-order chi connectivity index (χ0) is 13.9. The molecule has 1 aliphatic rings. The summed E-state index contributed by atoms with van der Waals surface area (Å²) < 4.78 is 0. The Morgan fingerprint density at radius 1 is 0.895 bits per heavy atom. The zero-order valence-corrected chi connectivity index (χ0v) is 13.7. The maximum absolute atomic E-state index is 3.83. The molecule has 1 nitrogen and oxygen atoms in total. The van der Waals surface area contributed by atoms with Crippen molar-refractivity contribution in [3.63, 3.8) is 0 Å². The van der Waals surface area contributed by atoms with Gasteiger partial charge in [0.05, 0.1) is 0 Å². The van der Waals surface area contributed by atoms with Gasteiger partial charge in [-0.3, -0.25) is 0 Å². The fourth-order valence-electron chi connectivity index (χ4n) is 3.56. The highest BCUT2D eigenvalue weighted by molar-refractivity contribution is 4.81. The minimum atomic E-state index is 0.648. The van der Waals surface area contributed by atoms with E-state index in [-0.39, 0.29) is 0 Å². The standard InChI is InChI=1S/C18H37N/c1-4-5-6-7-8-9-10-15-18(19-16(2)3)17-13-11-12-14-17/h16-19H,4-15H2,1-3H3. The second-order valence-electron chi connectivity index (χ2n) is 6.88. The minimum Gasteiger partial charge on any atom is -0.312 e. The molecule has 19 heavy (non-hydrogen) atoms. The highest BCUT2D eigenvalue weighted by Crippen LogP contribution is 2.30. The molecule has 1 saturated carbocycles. The van der Waals surface area contributed by atoms with E-state index in [1.165, 1.54) is 77.0 Å². The number of rotatable bonds is 11. The van der Waals surface area contributed by atoms with Crippen molar-refractivity contribution in [3.8, 4) is 0 Å². The highest BCUT2D eigenvalue weighted by Gasteiger charge is 2.24. The second kappa shape index (κ2) is 10.7. The van der Waals surface area contributed by atoms with Gasteiger partial charge in [0.15, 0.2) is 0 Å². The molecule has 0 aromatic heterocycles. The highest BCUT2D eigenvalue weighted by atomic mass is 14.9. The quantitative estimate of drug-likeness (QED) is 0.475. The summed E-state index contributed by atoms with van der Waals surface area (Å²) in [4.78, 5) is 0. The van der Waals surface area contributed by atoms with Gasteiger partial charge in [-0.25, -0.2) is 0 Å². The summed E-state index contributed by atoms with van der Waals surface area (Å²) in [5.41, 5.74) is 0. The van der Waals surface area contributed by atoms with Crippen LogP contribution in [-0.4, -0.2) is 12.1 Å². The molecule has 1 rings (SSSR count). The van der Waals surface area contributed by atoms with Crippen LogP contribution in [0.2, 0.25) is 0 Å². The predicted molar refractivity (Wildman–Crippen MR) is 86.6 cm³/mol. The zero-order valence-electron chi connectivity index (χ0n) is 13.7. The molecule has 0 amide bonds. The monoisotopic (exact) mass is 267 g/mol. The lowest BCUT2D eigenvalue weighted by Crippen LogP contribution is -2.39. The fraction of sp³-hybridized carbons (Fsp3) is 1.00. The Morgan fingerprint density at radius 2 is 1.47 bits per heavy atom. The third kappa shape index (κ3) is 7.97. The smallest absolute Gasteiger partial charge is 0.00976 e. The van der Waals surface area contributed by atoms with E-state index in [4.69, 9.17) is 0 Å². The summed E-state index contributed by atoms with van der Waals surface area (Å²) in [5, 5.41) is 3.83. The molecule has 1 N–H and O–H groups in total. The Bertz CT molecular complexity index is 194. The van der Waals surface area contributed by atoms with E-state index in [9.17, 15) is 0 Å². The van der Waals surface area contributed by atoms with Crippen LogP contribution >= 0.6 is 0 Å². The molecule has 0 aromatic rings. The summed E-state index contributed by atoms with van der Waals surface area (Å²) in [7, 11) is 0. The Morgan fingerprint density at radius 3 is 2.05 bits per heavy atom. The normalized spacial score (nSPS) is 18.3. The number of nitrogens with one attached hydrogen (secondary N) is 1. The summed E-state index contributed by atoms with van der Waals surface area (Å²) >= 11 is 0. The second-order valence-corrected chi connectivity index (χ2v) is 6.88. The van der Waals surface area contributed by atoms with Gasteiger partial charge >= 0.3 is 0 Å². The molecule has 0 spiro atoms. The van der Waals surface area contributed by atoms with Crippen molar-refractivity contribution in [1.29, 1.82) is 0 Å². The molecular weight excluding hydrogens is 230 g/mol. The van der Waals surface area contributed by atoms with Crippen LogP contribution in [0.5, 0.6) is 0 Å². The molecule has 1 aliphatic carbocycles. The molecule has 1 fully saturated rings. The lowest BCUT2D eigenvalue weighted by molar-refractivity contribution is 0.311. The number of hydrogen-bond donors (Lipinski definition) is 1. The third-order valence-corrected chi connectivity index (χ3v) is 4.63. The summed E-state index contributed by atoms with van der Waals surface area (Å²) in [6, 6.07) is 1.45. The van der Waals surface area contributed by atoms with Crippen molar-refractivity contribution in [2.24, 2.45) is 5.92 Å². The summed E-state index contributed by atoms with van der Waals surface area (Å²) in [5.74, 6) is 0.975. The maximum atomic E-state index is 3.83. The molecule has 1 atom stereocenters. The van der Waals surface area contributed by atoms with E-state index in [0.29, 0.717) is 6.04 Å². The molecule has 1 heteroatoms. The predicted octanol–water partition coefficient (Wildman–Crippen LogP) is 5.68. The lowest BCUT2D eigenvalue weighted by atomic mass is 9.92. The fourth-order valence-corrected chi connectivity index (χ4v) is 3.56. The summed E-state index contributed by atoms with van der Waals surface area (Å²) in [6.45, 7) is 6.89. The van der Waals surface area contributed by atoms with Crippen LogP contribution in [0.25, 0.3) is 0 Å². The van der Waals surface area contributed by atoms with Crippen LogP contribution in [-0.2, 0) is 0 Å². The minimum absolute atomic E-state index is 0.648. The van der Waals surface area contributed by atoms with E-state index in [1.54, 1.807) is 0 Å². The Hall–Kier alpha value is -0.0400. The van der Waals surface area contributed by atoms with E-state index >= 15 is 0 Å². The van der Waals surface area contributed by atoms with E-state index < -0.39 is 0 Å². The van der Waals surface area contributed by atoms with E-state index in [0.717, 1.165) is 12.0 Å². The maximum Gasteiger partial charge on any atom is 0.00976 e. The largest absolute Gasteiger partial charge is 0.312 e. The molecule has 1 unspecified atom stereocenters. The topological polar surface area (TPSA) is 12.0 Å². The van der Waals surface area contributed by atoms with Crippen LogP contribution in [0.1, 0.15) is 97.8 Å². The van der Waals surface area contributed by atoms with Crippen molar-refractivity contribution in [2.75, 3.05) is 0 Å². The Kier molecular flexibility index (Phi) is 9.59. The van der Waals surface area contributed by atoms with Crippen molar-refractivity contribution in [1.82, 2.24) is 5.32 Å². The molecule has 0 radical (unpaired) electrons. The van der Waals surface area contributed by atoms with Gasteiger partial charge in [0.1, 0.15) is 0 Å². The molecule has 0 bridgehead atoms. The van der Waals surface area contributed by atoms with Crippen molar-refractivity contribution >= 4 is 0 Å². The van der Waals surface area contributed by atoms with Crippen LogP contribution in [0.15, 0.2) is 0 Å². The Labute approximate surface area is 121 Å². The van der Waals surface area contributed by atoms with Gasteiger partial charge in [0.25, 0.3) is 0 Å². The van der Waals surface area contributed by atoms with Crippen LogP contribution in [0, 0.1) is 5.92 Å². The first-order valence-corrected chi connectivity index (χ1v) is 9.00. The van der Waals surface area contributed by atoms with E-state index in [2.05, 4.69) is 26.1 Å². The van der Waals surface area contributed by atoms with Gasteiger partial charge in [-0.1, -0.05) is 78.6 Å². The number of unbranched alkanes of at least 4 members (excludes halogenated alkanes) is 6. The SMILES string of the molecule is CCCCCCCCCC(NC(C)C)C1CCCC1. The molecule has 0 heterocycles. The average molecular weight is 268 g/mol. The van der Waals surface area contributed by atoms with Gasteiger partial charge < -0.3 is 5.32 Å². The molecule has 0 aliphatic heterocycles. The first kappa shape index (κ1) is 17.0. The van der Waals surface area contributed by atoms with Crippen LogP contribution in [0.4, 0.5) is 0 Å². The molecular formula is C18H37N. The molecule has 0 aromatic carbocycles. The van der Waals surface area contributed by atoms with Gasteiger partial charge in [0.2, 0.25) is 0 Å². The van der Waals surface area contributed by atoms with E-state index in [1.807, 2.05) is 0 Å². The van der Waals surface area contributed by atoms with Gasteiger partial charge in [-0.15, -0.1) is 0 Å². The van der Waals surface area contributed by atoms with Crippen molar-refractivity contribution < 1.29 is 0 Å². The van der Waals surface area contributed by atoms with Gasteiger partial charge in [0, 0.05) is 12.1 Å². The number of hydrogen-bond acceptors (Lipinski definition) is 1. The molecule has 114 valence electrons. The first-order valence-electron chi connectivity index (χ1n) is 9.00. The third-order valence-electron chi connectivity index (χ3n) is 4.63. The molecule has 0 saturated heterocycles. The Balaban J connectivity index is 2.10. The average Bonchev–Trinajstić information content (AvgIpc) is 2.89. The van der Waals surface area contributed by atoms with Crippen LogP contribution < -0.4 is 5.32 Å². The first-order chi connectivity index (χ1) is 9.24. The lowest BCUT2D eigenvalue weighted by Gasteiger charge is -2.27.